The zero-order chi connectivity index (χ0) is 9.15. The van der Waals surface area contributed by atoms with Gasteiger partial charge in [0, 0.05) is 6.42 Å². The molecule has 1 aliphatic carbocycles. The first kappa shape index (κ1) is 9.20. The Morgan fingerprint density at radius 2 is 2.08 bits per heavy atom. The molecule has 1 atom stereocenters. The van der Waals surface area contributed by atoms with E-state index >= 15 is 0 Å². The number of rotatable bonds is 3. The van der Waals surface area contributed by atoms with E-state index in [1.807, 2.05) is 0 Å². The predicted octanol–water partition coefficient (Wildman–Crippen LogP) is 2.46. The number of ether oxygens (including phenoxy) is 1. The molecule has 1 saturated heterocycles. The van der Waals surface area contributed by atoms with E-state index in [0.29, 0.717) is 12.5 Å². The maximum atomic E-state index is 10.2. The number of aldehydes is 1. The third kappa shape index (κ3) is 1.93. The molecule has 1 aliphatic heterocycles. The normalized spacial score (nSPS) is 31.2. The van der Waals surface area contributed by atoms with Gasteiger partial charge in [-0.1, -0.05) is 12.8 Å². The second kappa shape index (κ2) is 3.79. The van der Waals surface area contributed by atoms with Crippen molar-refractivity contribution in [3.8, 4) is 0 Å². The zero-order valence-electron chi connectivity index (χ0n) is 8.13. The highest BCUT2D eigenvalue weighted by molar-refractivity contribution is 5.49. The minimum atomic E-state index is 0.244. The van der Waals surface area contributed by atoms with Crippen LogP contribution in [0.2, 0.25) is 0 Å². The summed E-state index contributed by atoms with van der Waals surface area (Å²) in [6.45, 7) is 0. The summed E-state index contributed by atoms with van der Waals surface area (Å²) in [5.41, 5.74) is 0.244. The van der Waals surface area contributed by atoms with Crippen molar-refractivity contribution >= 4 is 6.29 Å². The van der Waals surface area contributed by atoms with E-state index in [-0.39, 0.29) is 5.60 Å². The molecule has 1 heterocycles. The van der Waals surface area contributed by atoms with Gasteiger partial charge in [-0.2, -0.15) is 0 Å². The molecule has 13 heavy (non-hydrogen) atoms. The molecule has 0 bridgehead atoms. The lowest BCUT2D eigenvalue weighted by Gasteiger charge is -2.23. The lowest BCUT2D eigenvalue weighted by Crippen LogP contribution is -2.24. The molecule has 1 saturated carbocycles. The van der Waals surface area contributed by atoms with Gasteiger partial charge in [-0.3, -0.25) is 0 Å². The first-order valence-corrected chi connectivity index (χ1v) is 5.46. The van der Waals surface area contributed by atoms with Crippen LogP contribution in [0.4, 0.5) is 0 Å². The summed E-state index contributed by atoms with van der Waals surface area (Å²) >= 11 is 0. The van der Waals surface area contributed by atoms with E-state index in [9.17, 15) is 4.79 Å². The summed E-state index contributed by atoms with van der Waals surface area (Å²) < 4.78 is 6.05. The molecule has 2 nitrogen and oxygen atoms in total. The summed E-state index contributed by atoms with van der Waals surface area (Å²) in [4.78, 5) is 10.2. The predicted molar refractivity (Wildman–Crippen MR) is 50.6 cm³/mol. The summed E-state index contributed by atoms with van der Waals surface area (Å²) in [6.07, 6.45) is 10.6. The van der Waals surface area contributed by atoms with Crippen molar-refractivity contribution in [3.05, 3.63) is 0 Å². The smallest absolute Gasteiger partial charge is 0.120 e. The van der Waals surface area contributed by atoms with Crippen molar-refractivity contribution in [2.24, 2.45) is 0 Å². The molecule has 2 fully saturated rings. The van der Waals surface area contributed by atoms with Gasteiger partial charge < -0.3 is 9.53 Å². The molecular formula is C11H18O2. The van der Waals surface area contributed by atoms with Crippen molar-refractivity contribution < 1.29 is 9.53 Å². The third-order valence-corrected chi connectivity index (χ3v) is 3.46. The van der Waals surface area contributed by atoms with Crippen LogP contribution in [0, 0.1) is 0 Å². The zero-order valence-corrected chi connectivity index (χ0v) is 8.13. The van der Waals surface area contributed by atoms with Crippen LogP contribution in [-0.4, -0.2) is 18.0 Å². The van der Waals surface area contributed by atoms with Crippen molar-refractivity contribution in [3.63, 3.8) is 0 Å². The van der Waals surface area contributed by atoms with Crippen LogP contribution in [0.3, 0.4) is 0 Å². The Bertz CT molecular complexity index is 183. The average Bonchev–Trinajstić information content (AvgIpc) is 2.74. The second-order valence-corrected chi connectivity index (χ2v) is 4.41. The van der Waals surface area contributed by atoms with Crippen LogP contribution >= 0.6 is 0 Å². The molecule has 0 amide bonds. The standard InChI is InChI=1S/C11H18O2/c12-9-3-4-10-5-8-11(13-10)6-1-2-7-11/h9-10H,1-8H2. The van der Waals surface area contributed by atoms with Gasteiger partial charge in [0.2, 0.25) is 0 Å². The molecule has 0 radical (unpaired) electrons. The molecule has 0 aromatic carbocycles. The van der Waals surface area contributed by atoms with E-state index in [0.717, 1.165) is 12.7 Å². The summed E-state index contributed by atoms with van der Waals surface area (Å²) in [5, 5.41) is 0. The lowest BCUT2D eigenvalue weighted by atomic mass is 9.98. The van der Waals surface area contributed by atoms with E-state index in [4.69, 9.17) is 4.74 Å². The molecule has 0 aromatic rings. The van der Waals surface area contributed by atoms with E-state index in [2.05, 4.69) is 0 Å². The minimum Gasteiger partial charge on any atom is -0.372 e. The van der Waals surface area contributed by atoms with Gasteiger partial charge in [0.15, 0.2) is 0 Å². The monoisotopic (exact) mass is 182 g/mol. The van der Waals surface area contributed by atoms with Gasteiger partial charge in [-0.25, -0.2) is 0 Å². The molecule has 2 rings (SSSR count). The van der Waals surface area contributed by atoms with Gasteiger partial charge in [0.05, 0.1) is 11.7 Å². The molecule has 1 unspecified atom stereocenters. The second-order valence-electron chi connectivity index (χ2n) is 4.41. The van der Waals surface area contributed by atoms with Crippen LogP contribution in [0.15, 0.2) is 0 Å². The first-order chi connectivity index (χ1) is 6.35. The molecule has 2 aliphatic rings. The van der Waals surface area contributed by atoms with Crippen molar-refractivity contribution in [2.75, 3.05) is 0 Å². The maximum Gasteiger partial charge on any atom is 0.120 e. The fourth-order valence-electron chi connectivity index (χ4n) is 2.74. The maximum absolute atomic E-state index is 10.2. The molecule has 74 valence electrons. The fourth-order valence-corrected chi connectivity index (χ4v) is 2.74. The Morgan fingerprint density at radius 3 is 2.77 bits per heavy atom. The molecular weight excluding hydrogens is 164 g/mol. The largest absolute Gasteiger partial charge is 0.372 e. The van der Waals surface area contributed by atoms with Crippen LogP contribution in [0.25, 0.3) is 0 Å². The Kier molecular flexibility index (Phi) is 2.68. The van der Waals surface area contributed by atoms with Crippen LogP contribution < -0.4 is 0 Å². The van der Waals surface area contributed by atoms with E-state index < -0.39 is 0 Å². The Balaban J connectivity index is 1.82. The molecule has 1 spiro atoms. The SMILES string of the molecule is O=CCCC1CCC2(CCCC2)O1. The van der Waals surface area contributed by atoms with Gasteiger partial charge in [0.25, 0.3) is 0 Å². The molecule has 0 aromatic heterocycles. The minimum absolute atomic E-state index is 0.244. The van der Waals surface area contributed by atoms with Gasteiger partial charge in [0.1, 0.15) is 6.29 Å². The Morgan fingerprint density at radius 1 is 1.31 bits per heavy atom. The van der Waals surface area contributed by atoms with Crippen molar-refractivity contribution in [2.45, 2.75) is 63.1 Å². The van der Waals surface area contributed by atoms with Crippen LogP contribution in [0.5, 0.6) is 0 Å². The van der Waals surface area contributed by atoms with E-state index in [1.54, 1.807) is 0 Å². The Hall–Kier alpha value is -0.370. The quantitative estimate of drug-likeness (QED) is 0.627. The van der Waals surface area contributed by atoms with Crippen molar-refractivity contribution in [1.82, 2.24) is 0 Å². The number of hydrogen-bond donors (Lipinski definition) is 0. The molecule has 0 N–H and O–H groups in total. The number of carbonyl (C=O) groups excluding carboxylic acids is 1. The number of carbonyl (C=O) groups is 1. The van der Waals surface area contributed by atoms with Gasteiger partial charge in [-0.15, -0.1) is 0 Å². The topological polar surface area (TPSA) is 26.3 Å². The van der Waals surface area contributed by atoms with Gasteiger partial charge >= 0.3 is 0 Å². The lowest BCUT2D eigenvalue weighted by molar-refractivity contribution is -0.109. The van der Waals surface area contributed by atoms with Crippen LogP contribution in [-0.2, 0) is 9.53 Å². The highest BCUT2D eigenvalue weighted by atomic mass is 16.5. The summed E-state index contributed by atoms with van der Waals surface area (Å²) in [7, 11) is 0. The molecule has 2 heteroatoms. The number of hydrogen-bond acceptors (Lipinski definition) is 2. The van der Waals surface area contributed by atoms with Crippen LogP contribution in [0.1, 0.15) is 51.4 Å². The van der Waals surface area contributed by atoms with Gasteiger partial charge in [-0.05, 0) is 32.1 Å². The highest BCUT2D eigenvalue weighted by Gasteiger charge is 2.41. The summed E-state index contributed by atoms with van der Waals surface area (Å²) in [6, 6.07) is 0. The Labute approximate surface area is 79.7 Å². The van der Waals surface area contributed by atoms with Crippen molar-refractivity contribution in [1.29, 1.82) is 0 Å². The average molecular weight is 182 g/mol. The first-order valence-electron chi connectivity index (χ1n) is 5.46. The fraction of sp³-hybridized carbons (Fsp3) is 0.909. The van der Waals surface area contributed by atoms with E-state index in [1.165, 1.54) is 38.5 Å². The highest BCUT2D eigenvalue weighted by Crippen LogP contribution is 2.43. The third-order valence-electron chi connectivity index (χ3n) is 3.46. The summed E-state index contributed by atoms with van der Waals surface area (Å²) in [5.74, 6) is 0.